The van der Waals surface area contributed by atoms with Crippen LogP contribution in [0.1, 0.15) is 54.9 Å². The molecule has 1 aromatic carbocycles. The number of likely N-dealkylation sites (tertiary alicyclic amines) is 2. The van der Waals surface area contributed by atoms with E-state index in [2.05, 4.69) is 15.0 Å². The minimum absolute atomic E-state index is 0.0537. The Bertz CT molecular complexity index is 842. The van der Waals surface area contributed by atoms with E-state index in [-0.39, 0.29) is 23.7 Å². The second-order valence-electron chi connectivity index (χ2n) is 8.39. The van der Waals surface area contributed by atoms with Crippen molar-refractivity contribution >= 4 is 5.91 Å². The normalized spacial score (nSPS) is 23.2. The molecule has 5 rings (SSSR count). The maximum atomic E-state index is 13.0. The standard InChI is InChI=1S/C21H25FN4O2/c22-17-7-5-14(6-8-17)10-19(27)26-12-16(13-26)20-23-21(28-24-20)18-2-1-9-25(18)11-15-3-4-15/h5-8,15-16,18H,1-4,9-13H2. The lowest BCUT2D eigenvalue weighted by Crippen LogP contribution is -2.49. The highest BCUT2D eigenvalue weighted by Gasteiger charge is 2.38. The van der Waals surface area contributed by atoms with Gasteiger partial charge in [-0.15, -0.1) is 0 Å². The van der Waals surface area contributed by atoms with E-state index >= 15 is 0 Å². The number of aromatic nitrogens is 2. The van der Waals surface area contributed by atoms with Gasteiger partial charge >= 0.3 is 0 Å². The molecule has 0 radical (unpaired) electrons. The number of benzene rings is 1. The zero-order valence-electron chi connectivity index (χ0n) is 15.9. The van der Waals surface area contributed by atoms with Crippen molar-refractivity contribution in [1.82, 2.24) is 19.9 Å². The van der Waals surface area contributed by atoms with Gasteiger partial charge in [0, 0.05) is 19.6 Å². The van der Waals surface area contributed by atoms with Gasteiger partial charge in [0.2, 0.25) is 11.8 Å². The van der Waals surface area contributed by atoms with Gasteiger partial charge < -0.3 is 9.42 Å². The number of nitrogens with zero attached hydrogens (tertiary/aromatic N) is 4. The van der Waals surface area contributed by atoms with Crippen molar-refractivity contribution in [3.05, 3.63) is 47.4 Å². The Hall–Kier alpha value is -2.28. The molecule has 28 heavy (non-hydrogen) atoms. The van der Waals surface area contributed by atoms with E-state index < -0.39 is 0 Å². The van der Waals surface area contributed by atoms with Crippen LogP contribution in [0.4, 0.5) is 4.39 Å². The summed E-state index contributed by atoms with van der Waals surface area (Å²) in [6.07, 6.45) is 5.26. The minimum Gasteiger partial charge on any atom is -0.341 e. The quantitative estimate of drug-likeness (QED) is 0.766. The molecule has 3 aliphatic rings. The summed E-state index contributed by atoms with van der Waals surface area (Å²) >= 11 is 0. The van der Waals surface area contributed by atoms with Crippen LogP contribution >= 0.6 is 0 Å². The second kappa shape index (κ2) is 7.28. The molecule has 0 bridgehead atoms. The topological polar surface area (TPSA) is 62.5 Å². The zero-order chi connectivity index (χ0) is 19.1. The summed E-state index contributed by atoms with van der Waals surface area (Å²) in [5.74, 6) is 2.23. The largest absolute Gasteiger partial charge is 0.341 e. The summed E-state index contributed by atoms with van der Waals surface area (Å²) < 4.78 is 18.6. The molecule has 0 N–H and O–H groups in total. The summed E-state index contributed by atoms with van der Waals surface area (Å²) in [4.78, 5) is 21.4. The Morgan fingerprint density at radius 3 is 2.71 bits per heavy atom. The van der Waals surface area contributed by atoms with Crippen LogP contribution in [0.2, 0.25) is 0 Å². The van der Waals surface area contributed by atoms with Crippen LogP contribution in [0.15, 0.2) is 28.8 Å². The Morgan fingerprint density at radius 2 is 1.96 bits per heavy atom. The van der Waals surface area contributed by atoms with Gasteiger partial charge in [0.05, 0.1) is 18.4 Å². The van der Waals surface area contributed by atoms with Gasteiger partial charge in [-0.3, -0.25) is 9.69 Å². The van der Waals surface area contributed by atoms with E-state index in [1.807, 2.05) is 0 Å². The number of amides is 1. The lowest BCUT2D eigenvalue weighted by Gasteiger charge is -2.37. The zero-order valence-corrected chi connectivity index (χ0v) is 15.9. The lowest BCUT2D eigenvalue weighted by molar-refractivity contribution is -0.135. The molecule has 1 aromatic heterocycles. The van der Waals surface area contributed by atoms with Gasteiger partial charge in [-0.05, 0) is 55.8 Å². The molecule has 3 fully saturated rings. The molecule has 1 amide bonds. The monoisotopic (exact) mass is 384 g/mol. The van der Waals surface area contributed by atoms with Gasteiger partial charge in [-0.1, -0.05) is 17.3 Å². The first-order valence-corrected chi connectivity index (χ1v) is 10.3. The fourth-order valence-corrected chi connectivity index (χ4v) is 4.24. The molecule has 2 saturated heterocycles. The first-order chi connectivity index (χ1) is 13.7. The minimum atomic E-state index is -0.286. The number of halogens is 1. The smallest absolute Gasteiger partial charge is 0.244 e. The van der Waals surface area contributed by atoms with Gasteiger partial charge in [0.25, 0.3) is 0 Å². The Kier molecular flexibility index (Phi) is 4.62. The van der Waals surface area contributed by atoms with Crippen LogP contribution in [-0.2, 0) is 11.2 Å². The molecule has 2 aromatic rings. The molecule has 2 aliphatic heterocycles. The molecule has 3 heterocycles. The van der Waals surface area contributed by atoms with Crippen molar-refractivity contribution in [1.29, 1.82) is 0 Å². The van der Waals surface area contributed by atoms with E-state index in [9.17, 15) is 9.18 Å². The summed E-state index contributed by atoms with van der Waals surface area (Å²) in [7, 11) is 0. The fourth-order valence-electron chi connectivity index (χ4n) is 4.24. The van der Waals surface area contributed by atoms with Crippen molar-refractivity contribution in [2.24, 2.45) is 5.92 Å². The number of hydrogen-bond donors (Lipinski definition) is 0. The maximum absolute atomic E-state index is 13.0. The number of hydrogen-bond acceptors (Lipinski definition) is 5. The first kappa shape index (κ1) is 17.8. The van der Waals surface area contributed by atoms with Gasteiger partial charge in [-0.2, -0.15) is 4.98 Å². The highest BCUT2D eigenvalue weighted by molar-refractivity contribution is 5.79. The third kappa shape index (κ3) is 3.68. The maximum Gasteiger partial charge on any atom is 0.244 e. The SMILES string of the molecule is O=C(Cc1ccc(F)cc1)N1CC(c2noc(C3CCCN3CC3CC3)n2)C1. The average molecular weight is 384 g/mol. The van der Waals surface area contributed by atoms with Gasteiger partial charge in [0.15, 0.2) is 5.82 Å². The van der Waals surface area contributed by atoms with Crippen molar-refractivity contribution in [2.75, 3.05) is 26.2 Å². The van der Waals surface area contributed by atoms with Crippen molar-refractivity contribution < 1.29 is 13.7 Å². The van der Waals surface area contributed by atoms with Crippen molar-refractivity contribution in [3.63, 3.8) is 0 Å². The molecule has 7 heteroatoms. The van der Waals surface area contributed by atoms with Crippen LogP contribution < -0.4 is 0 Å². The molecule has 0 spiro atoms. The van der Waals surface area contributed by atoms with Crippen molar-refractivity contribution in [3.8, 4) is 0 Å². The highest BCUT2D eigenvalue weighted by Crippen LogP contribution is 2.37. The van der Waals surface area contributed by atoms with E-state index in [0.29, 0.717) is 19.5 Å². The Balaban J connectivity index is 1.15. The predicted octanol–water partition coefficient (Wildman–Crippen LogP) is 2.92. The molecule has 1 saturated carbocycles. The Labute approximate surface area is 163 Å². The molecule has 148 valence electrons. The first-order valence-electron chi connectivity index (χ1n) is 10.3. The summed E-state index contributed by atoms with van der Waals surface area (Å²) in [6, 6.07) is 6.35. The molecule has 6 nitrogen and oxygen atoms in total. The van der Waals surface area contributed by atoms with Gasteiger partial charge in [0.1, 0.15) is 5.82 Å². The lowest BCUT2D eigenvalue weighted by atomic mass is 9.98. The number of carbonyl (C=O) groups is 1. The number of carbonyl (C=O) groups excluding carboxylic acids is 1. The fraction of sp³-hybridized carbons (Fsp3) is 0.571. The number of rotatable bonds is 6. The van der Waals surface area contributed by atoms with Crippen LogP contribution in [0.3, 0.4) is 0 Å². The predicted molar refractivity (Wildman–Crippen MR) is 100.0 cm³/mol. The highest BCUT2D eigenvalue weighted by atomic mass is 19.1. The summed E-state index contributed by atoms with van der Waals surface area (Å²) in [6.45, 7) is 3.51. The summed E-state index contributed by atoms with van der Waals surface area (Å²) in [5, 5.41) is 4.21. The average Bonchev–Trinajstić information content (AvgIpc) is 3.13. The van der Waals surface area contributed by atoms with E-state index in [0.717, 1.165) is 42.7 Å². The van der Waals surface area contributed by atoms with E-state index in [1.165, 1.54) is 31.4 Å². The molecule has 1 unspecified atom stereocenters. The van der Waals surface area contributed by atoms with E-state index in [4.69, 9.17) is 4.52 Å². The third-order valence-corrected chi connectivity index (χ3v) is 6.16. The molecular formula is C21H25FN4O2. The van der Waals surface area contributed by atoms with E-state index in [1.54, 1.807) is 17.0 Å². The molecule has 1 atom stereocenters. The summed E-state index contributed by atoms with van der Waals surface area (Å²) in [5.41, 5.74) is 0.827. The molecule has 1 aliphatic carbocycles. The molecular weight excluding hydrogens is 359 g/mol. The van der Waals surface area contributed by atoms with Crippen LogP contribution in [0, 0.1) is 11.7 Å². The van der Waals surface area contributed by atoms with Crippen LogP contribution in [-0.4, -0.2) is 52.0 Å². The third-order valence-electron chi connectivity index (χ3n) is 6.16. The van der Waals surface area contributed by atoms with Gasteiger partial charge in [-0.25, -0.2) is 4.39 Å². The second-order valence-corrected chi connectivity index (χ2v) is 8.39. The Morgan fingerprint density at radius 1 is 1.18 bits per heavy atom. The van der Waals surface area contributed by atoms with Crippen LogP contribution in [0.25, 0.3) is 0 Å². The van der Waals surface area contributed by atoms with Crippen LogP contribution in [0.5, 0.6) is 0 Å². The van der Waals surface area contributed by atoms with Crippen molar-refractivity contribution in [2.45, 2.75) is 44.1 Å².